The zero-order chi connectivity index (χ0) is 13.6. The SMILES string of the molecule is Cc1nn(C)c(Cl)c1Cn1nc2ccccn2c1=O. The Kier molecular flexibility index (Phi) is 2.67. The molecule has 3 aromatic heterocycles. The summed E-state index contributed by atoms with van der Waals surface area (Å²) in [6.45, 7) is 2.18. The summed E-state index contributed by atoms with van der Waals surface area (Å²) in [7, 11) is 1.77. The summed E-state index contributed by atoms with van der Waals surface area (Å²) in [5, 5.41) is 9.02. The monoisotopic (exact) mass is 277 g/mol. The van der Waals surface area contributed by atoms with Crippen LogP contribution in [0.15, 0.2) is 29.2 Å². The third-order valence-electron chi connectivity index (χ3n) is 3.07. The molecule has 0 spiro atoms. The van der Waals surface area contributed by atoms with Gasteiger partial charge in [-0.2, -0.15) is 5.10 Å². The highest BCUT2D eigenvalue weighted by Crippen LogP contribution is 2.19. The number of aryl methyl sites for hydroxylation is 2. The predicted molar refractivity (Wildman–Crippen MR) is 71.5 cm³/mol. The van der Waals surface area contributed by atoms with Gasteiger partial charge in [-0.15, -0.1) is 5.10 Å². The van der Waals surface area contributed by atoms with Gasteiger partial charge in [0.1, 0.15) is 5.15 Å². The Labute approximate surface area is 113 Å². The van der Waals surface area contributed by atoms with Crippen LogP contribution in [0.4, 0.5) is 0 Å². The minimum absolute atomic E-state index is 0.185. The highest BCUT2D eigenvalue weighted by molar-refractivity contribution is 6.30. The molecule has 0 aliphatic heterocycles. The fourth-order valence-corrected chi connectivity index (χ4v) is 2.31. The van der Waals surface area contributed by atoms with Crippen LogP contribution < -0.4 is 5.69 Å². The van der Waals surface area contributed by atoms with E-state index in [0.29, 0.717) is 17.3 Å². The Hall–Kier alpha value is -2.08. The number of hydrogen-bond donors (Lipinski definition) is 0. The normalized spacial score (nSPS) is 11.3. The minimum Gasteiger partial charge on any atom is -0.256 e. The molecule has 0 aliphatic rings. The van der Waals surface area contributed by atoms with Gasteiger partial charge in [0.05, 0.1) is 12.2 Å². The van der Waals surface area contributed by atoms with Crippen LogP contribution in [0.2, 0.25) is 5.15 Å². The number of pyridine rings is 1. The standard InChI is InChI=1S/C12H12ClN5O/c1-8-9(11(13)16(2)14-8)7-18-12(19)17-6-4-3-5-10(17)15-18/h3-6H,7H2,1-2H3. The van der Waals surface area contributed by atoms with Crippen LogP contribution in [-0.2, 0) is 13.6 Å². The maximum absolute atomic E-state index is 12.2. The number of fused-ring (bicyclic) bond motifs is 1. The molecule has 0 amide bonds. The average molecular weight is 278 g/mol. The summed E-state index contributed by atoms with van der Waals surface area (Å²) < 4.78 is 4.48. The molecule has 19 heavy (non-hydrogen) atoms. The number of hydrogen-bond acceptors (Lipinski definition) is 3. The van der Waals surface area contributed by atoms with Crippen molar-refractivity contribution < 1.29 is 0 Å². The first-order valence-electron chi connectivity index (χ1n) is 5.80. The van der Waals surface area contributed by atoms with Crippen LogP contribution in [-0.4, -0.2) is 24.0 Å². The maximum Gasteiger partial charge on any atom is 0.350 e. The molecular formula is C12H12ClN5O. The molecule has 3 rings (SSSR count). The molecule has 0 N–H and O–H groups in total. The summed E-state index contributed by atoms with van der Waals surface area (Å²) in [5.74, 6) is 0. The molecule has 0 fully saturated rings. The highest BCUT2D eigenvalue weighted by atomic mass is 35.5. The second-order valence-electron chi connectivity index (χ2n) is 4.35. The topological polar surface area (TPSA) is 57.1 Å². The Bertz CT molecular complexity index is 813. The molecule has 0 aliphatic carbocycles. The lowest BCUT2D eigenvalue weighted by atomic mass is 10.3. The predicted octanol–water partition coefficient (Wildman–Crippen LogP) is 1.24. The molecule has 3 heterocycles. The largest absolute Gasteiger partial charge is 0.350 e. The van der Waals surface area contributed by atoms with E-state index >= 15 is 0 Å². The minimum atomic E-state index is -0.185. The molecule has 0 saturated carbocycles. The molecule has 0 radical (unpaired) electrons. The smallest absolute Gasteiger partial charge is 0.256 e. The molecule has 0 saturated heterocycles. The van der Waals surface area contributed by atoms with Crippen LogP contribution in [0, 0.1) is 6.92 Å². The summed E-state index contributed by atoms with van der Waals surface area (Å²) in [6.07, 6.45) is 1.69. The van der Waals surface area contributed by atoms with Gasteiger partial charge < -0.3 is 0 Å². The summed E-state index contributed by atoms with van der Waals surface area (Å²) in [4.78, 5) is 12.2. The van der Waals surface area contributed by atoms with Crippen molar-refractivity contribution in [3.8, 4) is 0 Å². The quantitative estimate of drug-likeness (QED) is 0.708. The first kappa shape index (κ1) is 12.0. The van der Waals surface area contributed by atoms with E-state index in [1.807, 2.05) is 13.0 Å². The van der Waals surface area contributed by atoms with Gasteiger partial charge in [0.25, 0.3) is 0 Å². The van der Waals surface area contributed by atoms with Crippen molar-refractivity contribution >= 4 is 17.2 Å². The summed E-state index contributed by atoms with van der Waals surface area (Å²) in [5.41, 5.74) is 2.05. The second kappa shape index (κ2) is 4.24. The van der Waals surface area contributed by atoms with E-state index in [4.69, 9.17) is 11.6 Å². The number of halogens is 1. The maximum atomic E-state index is 12.2. The van der Waals surface area contributed by atoms with Crippen LogP contribution in [0.1, 0.15) is 11.3 Å². The summed E-state index contributed by atoms with van der Waals surface area (Å²) in [6, 6.07) is 5.42. The number of rotatable bonds is 2. The first-order valence-corrected chi connectivity index (χ1v) is 6.18. The Morgan fingerprint density at radius 2 is 2.11 bits per heavy atom. The van der Waals surface area contributed by atoms with E-state index in [1.165, 1.54) is 9.08 Å². The zero-order valence-corrected chi connectivity index (χ0v) is 11.3. The average Bonchev–Trinajstić information content (AvgIpc) is 2.83. The van der Waals surface area contributed by atoms with Crippen molar-refractivity contribution in [2.45, 2.75) is 13.5 Å². The summed E-state index contributed by atoms with van der Waals surface area (Å²) >= 11 is 6.17. The van der Waals surface area contributed by atoms with E-state index in [9.17, 15) is 4.79 Å². The molecule has 0 aromatic carbocycles. The molecule has 7 heteroatoms. The van der Waals surface area contributed by atoms with Crippen molar-refractivity contribution in [2.24, 2.45) is 7.05 Å². The lowest BCUT2D eigenvalue weighted by Gasteiger charge is -1.99. The second-order valence-corrected chi connectivity index (χ2v) is 4.71. The van der Waals surface area contributed by atoms with Gasteiger partial charge in [0.2, 0.25) is 0 Å². The molecule has 0 unspecified atom stereocenters. The number of aromatic nitrogens is 5. The van der Waals surface area contributed by atoms with Gasteiger partial charge in [-0.25, -0.2) is 9.48 Å². The van der Waals surface area contributed by atoms with Gasteiger partial charge in [-0.05, 0) is 19.1 Å². The van der Waals surface area contributed by atoms with Crippen LogP contribution >= 0.6 is 11.6 Å². The highest BCUT2D eigenvalue weighted by Gasteiger charge is 2.14. The van der Waals surface area contributed by atoms with E-state index in [0.717, 1.165) is 11.3 Å². The van der Waals surface area contributed by atoms with Crippen molar-refractivity contribution in [1.29, 1.82) is 0 Å². The lowest BCUT2D eigenvalue weighted by molar-refractivity contribution is 0.656. The molecule has 0 bridgehead atoms. The van der Waals surface area contributed by atoms with Gasteiger partial charge in [-0.3, -0.25) is 9.08 Å². The Balaban J connectivity index is 2.11. The molecule has 3 aromatic rings. The van der Waals surface area contributed by atoms with Crippen LogP contribution in [0.25, 0.3) is 5.65 Å². The van der Waals surface area contributed by atoms with Crippen molar-refractivity contribution in [3.05, 3.63) is 51.3 Å². The van der Waals surface area contributed by atoms with E-state index < -0.39 is 0 Å². The fourth-order valence-electron chi connectivity index (χ4n) is 2.07. The van der Waals surface area contributed by atoms with Crippen molar-refractivity contribution in [3.63, 3.8) is 0 Å². The van der Waals surface area contributed by atoms with Crippen molar-refractivity contribution in [2.75, 3.05) is 0 Å². The van der Waals surface area contributed by atoms with Gasteiger partial charge >= 0.3 is 5.69 Å². The van der Waals surface area contributed by atoms with Crippen molar-refractivity contribution in [1.82, 2.24) is 24.0 Å². The Morgan fingerprint density at radius 1 is 1.32 bits per heavy atom. The third-order valence-corrected chi connectivity index (χ3v) is 3.54. The molecular weight excluding hydrogens is 266 g/mol. The van der Waals surface area contributed by atoms with Gasteiger partial charge in [0.15, 0.2) is 5.65 Å². The first-order chi connectivity index (χ1) is 9.08. The van der Waals surface area contributed by atoms with Crippen LogP contribution in [0.5, 0.6) is 0 Å². The molecule has 6 nitrogen and oxygen atoms in total. The van der Waals surface area contributed by atoms with E-state index in [2.05, 4.69) is 10.2 Å². The third kappa shape index (κ3) is 1.84. The fraction of sp³-hybridized carbons (Fsp3) is 0.250. The van der Waals surface area contributed by atoms with E-state index in [1.54, 1.807) is 30.1 Å². The number of nitrogens with zero attached hydrogens (tertiary/aromatic N) is 5. The van der Waals surface area contributed by atoms with Gasteiger partial charge in [-0.1, -0.05) is 17.7 Å². The molecule has 0 atom stereocenters. The lowest BCUT2D eigenvalue weighted by Crippen LogP contribution is -2.21. The van der Waals surface area contributed by atoms with Gasteiger partial charge in [0, 0.05) is 18.8 Å². The Morgan fingerprint density at radius 3 is 2.74 bits per heavy atom. The molecule has 98 valence electrons. The van der Waals surface area contributed by atoms with E-state index in [-0.39, 0.29) is 5.69 Å². The zero-order valence-electron chi connectivity index (χ0n) is 10.5. The van der Waals surface area contributed by atoms with Crippen LogP contribution in [0.3, 0.4) is 0 Å².